The van der Waals surface area contributed by atoms with Crippen LogP contribution in [0.3, 0.4) is 0 Å². The zero-order valence-corrected chi connectivity index (χ0v) is 10.9. The first kappa shape index (κ1) is 11.7. The predicted octanol–water partition coefficient (Wildman–Crippen LogP) is 2.27. The van der Waals surface area contributed by atoms with E-state index in [1.54, 1.807) is 0 Å². The summed E-state index contributed by atoms with van der Waals surface area (Å²) >= 11 is 0. The molecule has 1 aromatic carbocycles. The monoisotopic (exact) mass is 245 g/mol. The van der Waals surface area contributed by atoms with Gasteiger partial charge in [0, 0.05) is 23.6 Å². The SMILES string of the molecule is CB1C(c2cncc(C)c2)=Nc2ccc(C#N)cc21. The van der Waals surface area contributed by atoms with Crippen molar-refractivity contribution in [1.29, 1.82) is 5.26 Å². The van der Waals surface area contributed by atoms with Crippen LogP contribution in [0, 0.1) is 18.3 Å². The Hall–Kier alpha value is -2.41. The maximum atomic E-state index is 8.98. The number of aryl methyl sites for hydroxylation is 1. The van der Waals surface area contributed by atoms with Crippen LogP contribution in [0.2, 0.25) is 6.82 Å². The fourth-order valence-electron chi connectivity index (χ4n) is 2.46. The van der Waals surface area contributed by atoms with Crippen molar-refractivity contribution in [3.05, 3.63) is 53.3 Å². The zero-order chi connectivity index (χ0) is 13.4. The minimum absolute atomic E-state index is 0.201. The van der Waals surface area contributed by atoms with Crippen LogP contribution < -0.4 is 5.46 Å². The van der Waals surface area contributed by atoms with Crippen molar-refractivity contribution in [2.45, 2.75) is 13.7 Å². The second-order valence-electron chi connectivity index (χ2n) is 4.86. The first-order chi connectivity index (χ1) is 9.19. The Morgan fingerprint density at radius 2 is 2.05 bits per heavy atom. The van der Waals surface area contributed by atoms with E-state index in [1.165, 1.54) is 0 Å². The number of nitriles is 1. The molecule has 1 aliphatic heterocycles. The number of rotatable bonds is 1. The molecule has 0 atom stereocenters. The van der Waals surface area contributed by atoms with E-state index in [-0.39, 0.29) is 6.71 Å². The molecule has 90 valence electrons. The summed E-state index contributed by atoms with van der Waals surface area (Å²) < 4.78 is 0. The molecule has 0 fully saturated rings. The highest BCUT2D eigenvalue weighted by atomic mass is 14.8. The molecule has 0 amide bonds. The van der Waals surface area contributed by atoms with E-state index in [9.17, 15) is 0 Å². The van der Waals surface area contributed by atoms with Gasteiger partial charge >= 0.3 is 0 Å². The number of aliphatic imine (C=N–C) groups is 1. The molecule has 0 saturated carbocycles. The summed E-state index contributed by atoms with van der Waals surface area (Å²) in [5.41, 5.74) is 5.98. The Morgan fingerprint density at radius 1 is 1.21 bits per heavy atom. The van der Waals surface area contributed by atoms with Crippen molar-refractivity contribution in [1.82, 2.24) is 4.98 Å². The van der Waals surface area contributed by atoms with Gasteiger partial charge in [-0.3, -0.25) is 9.98 Å². The quantitative estimate of drug-likeness (QED) is 0.723. The van der Waals surface area contributed by atoms with Gasteiger partial charge in [0.1, 0.15) is 0 Å². The van der Waals surface area contributed by atoms with Gasteiger partial charge in [-0.2, -0.15) is 5.26 Å². The lowest BCUT2D eigenvalue weighted by Crippen LogP contribution is -2.32. The molecular formula is C15H12BN3. The first-order valence-corrected chi connectivity index (χ1v) is 6.23. The van der Waals surface area contributed by atoms with E-state index in [2.05, 4.69) is 28.9 Å². The van der Waals surface area contributed by atoms with E-state index < -0.39 is 0 Å². The topological polar surface area (TPSA) is 49.0 Å². The number of hydrogen-bond acceptors (Lipinski definition) is 3. The largest absolute Gasteiger partial charge is 0.264 e. The third-order valence-electron chi connectivity index (χ3n) is 3.44. The van der Waals surface area contributed by atoms with Crippen LogP contribution in [0.15, 0.2) is 41.7 Å². The van der Waals surface area contributed by atoms with Gasteiger partial charge in [0.15, 0.2) is 0 Å². The molecular weight excluding hydrogens is 233 g/mol. The van der Waals surface area contributed by atoms with Crippen LogP contribution in [-0.4, -0.2) is 17.3 Å². The number of pyridine rings is 1. The Morgan fingerprint density at radius 3 is 2.79 bits per heavy atom. The van der Waals surface area contributed by atoms with Crippen LogP contribution in [0.1, 0.15) is 16.7 Å². The molecule has 2 aromatic rings. The first-order valence-electron chi connectivity index (χ1n) is 6.23. The lowest BCUT2D eigenvalue weighted by Gasteiger charge is -2.06. The van der Waals surface area contributed by atoms with Crippen LogP contribution in [0.5, 0.6) is 0 Å². The van der Waals surface area contributed by atoms with Crippen LogP contribution in [0.25, 0.3) is 0 Å². The standard InChI is InChI=1S/C15H12BN3/c1-10-5-12(9-18-8-10)15-16(2)13-6-11(7-17)3-4-14(13)19-15/h3-6,8-9H,1-2H3. The number of benzene rings is 1. The average molecular weight is 245 g/mol. The van der Waals surface area contributed by atoms with Crippen LogP contribution in [0.4, 0.5) is 5.69 Å². The summed E-state index contributed by atoms with van der Waals surface area (Å²) in [4.78, 5) is 8.91. The van der Waals surface area contributed by atoms with Crippen molar-refractivity contribution >= 4 is 23.5 Å². The van der Waals surface area contributed by atoms with Gasteiger partial charge in [0.2, 0.25) is 6.71 Å². The zero-order valence-electron chi connectivity index (χ0n) is 10.9. The van der Waals surface area contributed by atoms with E-state index in [1.807, 2.05) is 37.5 Å². The van der Waals surface area contributed by atoms with Gasteiger partial charge in [-0.25, -0.2) is 0 Å². The van der Waals surface area contributed by atoms with Gasteiger partial charge in [0.05, 0.1) is 17.3 Å². The Bertz CT molecular complexity index is 728. The molecule has 2 heterocycles. The minimum Gasteiger partial charge on any atom is -0.264 e. The van der Waals surface area contributed by atoms with Gasteiger partial charge < -0.3 is 0 Å². The predicted molar refractivity (Wildman–Crippen MR) is 77.6 cm³/mol. The molecule has 0 N–H and O–H groups in total. The second kappa shape index (κ2) is 4.36. The number of nitrogens with zero attached hydrogens (tertiary/aromatic N) is 3. The van der Waals surface area contributed by atoms with Gasteiger partial charge in [-0.15, -0.1) is 0 Å². The lowest BCUT2D eigenvalue weighted by molar-refractivity contribution is 1.26. The normalized spacial score (nSPS) is 12.9. The summed E-state index contributed by atoms with van der Waals surface area (Å²) in [7, 11) is 0. The van der Waals surface area contributed by atoms with Crippen molar-refractivity contribution in [2.75, 3.05) is 0 Å². The number of aromatic nitrogens is 1. The van der Waals surface area contributed by atoms with Crippen molar-refractivity contribution in [3.8, 4) is 6.07 Å². The molecule has 0 saturated heterocycles. The third kappa shape index (κ3) is 1.93. The molecule has 1 aliphatic rings. The van der Waals surface area contributed by atoms with E-state index in [4.69, 9.17) is 5.26 Å². The fourth-order valence-corrected chi connectivity index (χ4v) is 2.46. The van der Waals surface area contributed by atoms with Gasteiger partial charge in [0.25, 0.3) is 0 Å². The van der Waals surface area contributed by atoms with Crippen molar-refractivity contribution in [2.24, 2.45) is 4.99 Å². The summed E-state index contributed by atoms with van der Waals surface area (Å²) in [6.07, 6.45) is 3.68. The molecule has 4 heteroatoms. The summed E-state index contributed by atoms with van der Waals surface area (Å²) in [5.74, 6) is 0. The summed E-state index contributed by atoms with van der Waals surface area (Å²) in [6.45, 7) is 4.35. The number of fused-ring (bicyclic) bond motifs is 1. The molecule has 0 aliphatic carbocycles. The van der Waals surface area contributed by atoms with E-state index in [0.29, 0.717) is 5.56 Å². The summed E-state index contributed by atoms with van der Waals surface area (Å²) in [5, 5.41) is 8.98. The lowest BCUT2D eigenvalue weighted by atomic mass is 9.43. The molecule has 3 nitrogen and oxygen atoms in total. The van der Waals surface area contributed by atoms with Crippen LogP contribution in [-0.2, 0) is 0 Å². The Kier molecular flexibility index (Phi) is 2.68. The molecule has 0 bridgehead atoms. The molecule has 19 heavy (non-hydrogen) atoms. The van der Waals surface area contributed by atoms with Crippen molar-refractivity contribution < 1.29 is 0 Å². The van der Waals surface area contributed by atoms with Crippen molar-refractivity contribution in [3.63, 3.8) is 0 Å². The molecule has 3 rings (SSSR count). The Labute approximate surface area is 112 Å². The number of hydrogen-bond donors (Lipinski definition) is 0. The molecule has 0 spiro atoms. The Balaban J connectivity index is 2.07. The fraction of sp³-hybridized carbons (Fsp3) is 0.133. The highest BCUT2D eigenvalue weighted by molar-refractivity contribution is 7.04. The van der Waals surface area contributed by atoms with E-state index >= 15 is 0 Å². The minimum atomic E-state index is 0.201. The maximum Gasteiger partial charge on any atom is 0.233 e. The average Bonchev–Trinajstić information content (AvgIpc) is 2.76. The van der Waals surface area contributed by atoms with Gasteiger partial charge in [-0.05, 0) is 42.2 Å². The smallest absolute Gasteiger partial charge is 0.233 e. The second-order valence-corrected chi connectivity index (χ2v) is 4.86. The molecule has 0 radical (unpaired) electrons. The van der Waals surface area contributed by atoms with Crippen LogP contribution >= 0.6 is 0 Å². The third-order valence-corrected chi connectivity index (χ3v) is 3.44. The maximum absolute atomic E-state index is 8.98. The highest BCUT2D eigenvalue weighted by Crippen LogP contribution is 2.22. The van der Waals surface area contributed by atoms with E-state index in [0.717, 1.165) is 27.9 Å². The summed E-state index contributed by atoms with van der Waals surface area (Å²) in [6, 6.07) is 9.93. The highest BCUT2D eigenvalue weighted by Gasteiger charge is 2.28. The molecule has 0 unspecified atom stereocenters. The molecule has 1 aromatic heterocycles. The van der Waals surface area contributed by atoms with Gasteiger partial charge in [-0.1, -0.05) is 6.82 Å².